The molecule has 0 saturated carbocycles. The van der Waals surface area contributed by atoms with E-state index in [1.807, 2.05) is 0 Å². The second-order valence-corrected chi connectivity index (χ2v) is 7.72. The van der Waals surface area contributed by atoms with Crippen LogP contribution in [0.4, 0.5) is 4.39 Å². The first-order valence-corrected chi connectivity index (χ1v) is 9.28. The van der Waals surface area contributed by atoms with E-state index in [0.29, 0.717) is 44.4 Å². The van der Waals surface area contributed by atoms with Crippen LogP contribution in [0, 0.1) is 12.7 Å². The number of aromatic nitrogens is 2. The average Bonchev–Trinajstić information content (AvgIpc) is 2.95. The van der Waals surface area contributed by atoms with Gasteiger partial charge in [0.1, 0.15) is 5.82 Å². The lowest BCUT2D eigenvalue weighted by Gasteiger charge is -2.33. The van der Waals surface area contributed by atoms with Gasteiger partial charge in [-0.2, -0.15) is 9.29 Å². The Morgan fingerprint density at radius 1 is 1.21 bits per heavy atom. The van der Waals surface area contributed by atoms with Crippen molar-refractivity contribution in [2.45, 2.75) is 19.2 Å². The minimum atomic E-state index is -3.53. The number of hydrogen-bond donors (Lipinski definition) is 0. The molecule has 0 bridgehead atoms. The molecule has 0 aliphatic carbocycles. The van der Waals surface area contributed by atoms with Crippen molar-refractivity contribution in [1.82, 2.24) is 19.3 Å². The molecule has 1 aliphatic rings. The van der Waals surface area contributed by atoms with Crippen LogP contribution >= 0.6 is 0 Å². The molecule has 0 atom stereocenters. The van der Waals surface area contributed by atoms with E-state index in [-0.39, 0.29) is 11.3 Å². The standard InChI is InChI=1S/C15H19FN4O3S/c1-12-17-15(18-23-12)10-19-6-8-20(9-7-19)24(21,22)11-13-4-2-3-5-14(13)16/h2-5H,6-11H2,1H3. The molecule has 1 aliphatic heterocycles. The van der Waals surface area contributed by atoms with Gasteiger partial charge in [0, 0.05) is 38.7 Å². The summed E-state index contributed by atoms with van der Waals surface area (Å²) in [6.45, 7) is 4.14. The van der Waals surface area contributed by atoms with Crippen LogP contribution in [0.2, 0.25) is 0 Å². The molecule has 1 saturated heterocycles. The summed E-state index contributed by atoms with van der Waals surface area (Å²) >= 11 is 0. The quantitative estimate of drug-likeness (QED) is 0.802. The summed E-state index contributed by atoms with van der Waals surface area (Å²) in [4.78, 5) is 6.21. The fourth-order valence-electron chi connectivity index (χ4n) is 2.67. The number of hydrogen-bond acceptors (Lipinski definition) is 6. The fraction of sp³-hybridized carbons (Fsp3) is 0.467. The van der Waals surface area contributed by atoms with E-state index in [9.17, 15) is 12.8 Å². The minimum Gasteiger partial charge on any atom is -0.340 e. The highest BCUT2D eigenvalue weighted by atomic mass is 32.2. The van der Waals surface area contributed by atoms with E-state index in [1.54, 1.807) is 19.1 Å². The molecule has 24 heavy (non-hydrogen) atoms. The van der Waals surface area contributed by atoms with Gasteiger partial charge in [-0.15, -0.1) is 0 Å². The first-order valence-electron chi connectivity index (χ1n) is 7.67. The zero-order chi connectivity index (χ0) is 17.2. The Morgan fingerprint density at radius 2 is 1.92 bits per heavy atom. The maximum absolute atomic E-state index is 13.7. The summed E-state index contributed by atoms with van der Waals surface area (Å²) in [6.07, 6.45) is 0. The van der Waals surface area contributed by atoms with Crippen molar-refractivity contribution in [3.05, 3.63) is 47.4 Å². The second kappa shape index (κ2) is 6.96. The SMILES string of the molecule is Cc1nc(CN2CCN(S(=O)(=O)Cc3ccccc3F)CC2)no1. The Balaban J connectivity index is 1.58. The van der Waals surface area contributed by atoms with Gasteiger partial charge in [-0.05, 0) is 6.07 Å². The Bertz CT molecular complexity index is 801. The Labute approximate surface area is 140 Å². The molecule has 0 spiro atoms. The normalized spacial score (nSPS) is 17.2. The summed E-state index contributed by atoms with van der Waals surface area (Å²) in [7, 11) is -3.53. The smallest absolute Gasteiger partial charge is 0.223 e. The van der Waals surface area contributed by atoms with Crippen LogP contribution in [0.15, 0.2) is 28.8 Å². The molecule has 1 fully saturated rings. The number of nitrogens with zero attached hydrogens (tertiary/aromatic N) is 4. The molecule has 0 N–H and O–H groups in total. The molecular weight excluding hydrogens is 335 g/mol. The number of rotatable bonds is 5. The van der Waals surface area contributed by atoms with Gasteiger partial charge < -0.3 is 4.52 Å². The molecule has 0 amide bonds. The predicted octanol–water partition coefficient (Wildman–Crippen LogP) is 1.16. The summed E-state index contributed by atoms with van der Waals surface area (Å²) in [5.74, 6) is 0.294. The predicted molar refractivity (Wildman–Crippen MR) is 84.9 cm³/mol. The molecule has 2 heterocycles. The van der Waals surface area contributed by atoms with Gasteiger partial charge in [-0.25, -0.2) is 12.8 Å². The van der Waals surface area contributed by atoms with Crippen LogP contribution in [0.3, 0.4) is 0 Å². The van der Waals surface area contributed by atoms with Crippen LogP contribution in [0.25, 0.3) is 0 Å². The Hall–Kier alpha value is -1.84. The first kappa shape index (κ1) is 17.0. The van der Waals surface area contributed by atoms with Crippen molar-refractivity contribution < 1.29 is 17.3 Å². The van der Waals surface area contributed by atoms with Gasteiger partial charge in [-0.1, -0.05) is 23.4 Å². The third kappa shape index (κ3) is 3.97. The number of piperazine rings is 1. The minimum absolute atomic E-state index is 0.196. The van der Waals surface area contributed by atoms with Gasteiger partial charge >= 0.3 is 0 Å². The largest absolute Gasteiger partial charge is 0.340 e. The van der Waals surface area contributed by atoms with Crippen LogP contribution in [-0.4, -0.2) is 53.9 Å². The van der Waals surface area contributed by atoms with Gasteiger partial charge in [0.25, 0.3) is 0 Å². The molecule has 130 valence electrons. The highest BCUT2D eigenvalue weighted by Crippen LogP contribution is 2.16. The van der Waals surface area contributed by atoms with Gasteiger partial charge in [-0.3, -0.25) is 4.90 Å². The van der Waals surface area contributed by atoms with Crippen molar-refractivity contribution in [2.24, 2.45) is 0 Å². The van der Waals surface area contributed by atoms with Crippen molar-refractivity contribution in [1.29, 1.82) is 0 Å². The topological polar surface area (TPSA) is 79.5 Å². The molecule has 3 rings (SSSR count). The van der Waals surface area contributed by atoms with E-state index >= 15 is 0 Å². The van der Waals surface area contributed by atoms with Crippen molar-refractivity contribution in [3.63, 3.8) is 0 Å². The summed E-state index contributed by atoms with van der Waals surface area (Å²) in [5.41, 5.74) is 0.196. The Morgan fingerprint density at radius 3 is 2.54 bits per heavy atom. The first-order chi connectivity index (χ1) is 11.4. The molecule has 7 nitrogen and oxygen atoms in total. The monoisotopic (exact) mass is 354 g/mol. The highest BCUT2D eigenvalue weighted by molar-refractivity contribution is 7.88. The van der Waals surface area contributed by atoms with Crippen LogP contribution in [0.5, 0.6) is 0 Å². The van der Waals surface area contributed by atoms with Crippen LogP contribution in [0.1, 0.15) is 17.3 Å². The fourth-order valence-corrected chi connectivity index (χ4v) is 4.20. The van der Waals surface area contributed by atoms with Crippen LogP contribution in [-0.2, 0) is 22.3 Å². The average molecular weight is 354 g/mol. The third-order valence-corrected chi connectivity index (χ3v) is 5.78. The third-order valence-electron chi connectivity index (χ3n) is 3.96. The van der Waals surface area contributed by atoms with Gasteiger partial charge in [0.05, 0.1) is 12.3 Å². The summed E-state index contributed by atoms with van der Waals surface area (Å²) < 4.78 is 45.0. The molecular formula is C15H19FN4O3S. The number of halogens is 1. The highest BCUT2D eigenvalue weighted by Gasteiger charge is 2.28. The lowest BCUT2D eigenvalue weighted by atomic mass is 10.2. The number of benzene rings is 1. The summed E-state index contributed by atoms with van der Waals surface area (Å²) in [5, 5.41) is 3.84. The molecule has 1 aromatic heterocycles. The van der Waals surface area contributed by atoms with Crippen molar-refractivity contribution >= 4 is 10.0 Å². The van der Waals surface area contributed by atoms with Gasteiger partial charge in [0.15, 0.2) is 5.82 Å². The van der Waals surface area contributed by atoms with E-state index in [1.165, 1.54) is 16.4 Å². The van der Waals surface area contributed by atoms with Crippen LogP contribution < -0.4 is 0 Å². The molecule has 2 aromatic rings. The maximum Gasteiger partial charge on any atom is 0.223 e. The zero-order valence-corrected chi connectivity index (χ0v) is 14.2. The lowest BCUT2D eigenvalue weighted by Crippen LogP contribution is -2.48. The summed E-state index contributed by atoms with van der Waals surface area (Å²) in [6, 6.07) is 5.96. The Kier molecular flexibility index (Phi) is 4.93. The van der Waals surface area contributed by atoms with Crippen molar-refractivity contribution in [3.8, 4) is 0 Å². The van der Waals surface area contributed by atoms with E-state index in [4.69, 9.17) is 4.52 Å². The number of aryl methyl sites for hydroxylation is 1. The van der Waals surface area contributed by atoms with E-state index in [0.717, 1.165) is 0 Å². The molecule has 0 unspecified atom stereocenters. The molecule has 1 aromatic carbocycles. The van der Waals surface area contributed by atoms with Gasteiger partial charge in [0.2, 0.25) is 15.9 Å². The maximum atomic E-state index is 13.7. The number of sulfonamides is 1. The van der Waals surface area contributed by atoms with Crippen molar-refractivity contribution in [2.75, 3.05) is 26.2 Å². The van der Waals surface area contributed by atoms with E-state index < -0.39 is 15.8 Å². The van der Waals surface area contributed by atoms with E-state index in [2.05, 4.69) is 15.0 Å². The molecule has 0 radical (unpaired) electrons. The molecule has 9 heteroatoms. The lowest BCUT2D eigenvalue weighted by molar-refractivity contribution is 0.176. The zero-order valence-electron chi connectivity index (χ0n) is 13.4. The second-order valence-electron chi connectivity index (χ2n) is 5.75.